The van der Waals surface area contributed by atoms with Crippen LogP contribution in [0.2, 0.25) is 0 Å². The van der Waals surface area contributed by atoms with Gasteiger partial charge in [-0.25, -0.2) is 0 Å². The molecule has 1 rings (SSSR count). The Kier molecular flexibility index (Phi) is 8.16. The van der Waals surface area contributed by atoms with Crippen LogP contribution in [0.25, 0.3) is 0 Å². The van der Waals surface area contributed by atoms with Gasteiger partial charge in [-0.3, -0.25) is 0 Å². The van der Waals surface area contributed by atoms with Crippen molar-refractivity contribution in [1.82, 2.24) is 4.90 Å². The third-order valence-electron chi connectivity index (χ3n) is 3.30. The van der Waals surface area contributed by atoms with Crippen LogP contribution in [0.1, 0.15) is 44.7 Å². The molecule has 0 spiro atoms. The van der Waals surface area contributed by atoms with Gasteiger partial charge in [-0.2, -0.15) is 0 Å². The topological polar surface area (TPSA) is 41.9 Å². The van der Waals surface area contributed by atoms with Crippen molar-refractivity contribution in [2.24, 2.45) is 0 Å². The van der Waals surface area contributed by atoms with Crippen molar-refractivity contribution in [2.75, 3.05) is 33.9 Å². The summed E-state index contributed by atoms with van der Waals surface area (Å²) in [4.78, 5) is 2.11. The zero-order valence-electron chi connectivity index (χ0n) is 13.8. The number of rotatable bonds is 10. The van der Waals surface area contributed by atoms with Gasteiger partial charge in [0, 0.05) is 12.6 Å². The van der Waals surface area contributed by atoms with E-state index in [-0.39, 0.29) is 12.6 Å². The molecule has 1 N–H and O–H groups in total. The van der Waals surface area contributed by atoms with Gasteiger partial charge in [0.05, 0.1) is 13.2 Å². The molecule has 0 aliphatic rings. The molecule has 4 nitrogen and oxygen atoms in total. The van der Waals surface area contributed by atoms with E-state index in [1.807, 2.05) is 26.2 Å². The molecule has 1 atom stereocenters. The maximum atomic E-state index is 9.25. The zero-order valence-corrected chi connectivity index (χ0v) is 13.8. The van der Waals surface area contributed by atoms with Crippen molar-refractivity contribution in [1.29, 1.82) is 0 Å². The van der Waals surface area contributed by atoms with E-state index in [4.69, 9.17) is 9.47 Å². The van der Waals surface area contributed by atoms with E-state index in [0.717, 1.165) is 29.9 Å². The van der Waals surface area contributed by atoms with E-state index in [1.165, 1.54) is 0 Å². The summed E-state index contributed by atoms with van der Waals surface area (Å²) in [5.74, 6) is 1.60. The van der Waals surface area contributed by atoms with Crippen LogP contribution < -0.4 is 9.47 Å². The SMILES string of the molecule is CCCOc1ccc(C(CCO)N(C)C)cc1OCCC. The monoisotopic (exact) mass is 295 g/mol. The average Bonchev–Trinajstić information content (AvgIpc) is 2.48. The number of hydrogen-bond donors (Lipinski definition) is 1. The molecule has 21 heavy (non-hydrogen) atoms. The highest BCUT2D eigenvalue weighted by Crippen LogP contribution is 2.33. The molecule has 4 heteroatoms. The van der Waals surface area contributed by atoms with E-state index in [2.05, 4.69) is 24.8 Å². The van der Waals surface area contributed by atoms with Gasteiger partial charge in [0.25, 0.3) is 0 Å². The molecule has 0 fully saturated rings. The van der Waals surface area contributed by atoms with Gasteiger partial charge in [-0.1, -0.05) is 19.9 Å². The highest BCUT2D eigenvalue weighted by atomic mass is 16.5. The number of hydrogen-bond acceptors (Lipinski definition) is 4. The van der Waals surface area contributed by atoms with E-state index in [0.29, 0.717) is 19.6 Å². The van der Waals surface area contributed by atoms with Gasteiger partial charge in [-0.05, 0) is 51.1 Å². The average molecular weight is 295 g/mol. The first-order valence-electron chi connectivity index (χ1n) is 7.80. The second-order valence-corrected chi connectivity index (χ2v) is 5.39. The van der Waals surface area contributed by atoms with Crippen LogP contribution in [-0.2, 0) is 0 Å². The lowest BCUT2D eigenvalue weighted by Gasteiger charge is -2.25. The molecule has 0 radical (unpaired) electrons. The van der Waals surface area contributed by atoms with E-state index in [1.54, 1.807) is 0 Å². The van der Waals surface area contributed by atoms with Gasteiger partial charge >= 0.3 is 0 Å². The lowest BCUT2D eigenvalue weighted by Crippen LogP contribution is -2.21. The second kappa shape index (κ2) is 9.64. The molecule has 1 aromatic carbocycles. The molecular formula is C17H29NO3. The molecule has 0 saturated heterocycles. The Morgan fingerprint density at radius 2 is 1.67 bits per heavy atom. The molecule has 0 aliphatic heterocycles. The fraction of sp³-hybridized carbons (Fsp3) is 0.647. The number of aliphatic hydroxyl groups excluding tert-OH is 1. The minimum atomic E-state index is 0.169. The molecule has 0 aliphatic carbocycles. The minimum absolute atomic E-state index is 0.169. The Hall–Kier alpha value is -1.26. The summed E-state index contributed by atoms with van der Waals surface area (Å²) in [5.41, 5.74) is 1.14. The normalized spacial score (nSPS) is 12.5. The number of ether oxygens (including phenoxy) is 2. The first kappa shape index (κ1) is 17.8. The Balaban J connectivity index is 3.00. The summed E-state index contributed by atoms with van der Waals surface area (Å²) in [6.07, 6.45) is 2.64. The molecule has 0 heterocycles. The molecule has 0 saturated carbocycles. The van der Waals surface area contributed by atoms with Crippen LogP contribution in [0.4, 0.5) is 0 Å². The van der Waals surface area contributed by atoms with Gasteiger partial charge < -0.3 is 19.5 Å². The first-order valence-corrected chi connectivity index (χ1v) is 7.80. The predicted octanol–water partition coefficient (Wildman–Crippen LogP) is 3.25. The smallest absolute Gasteiger partial charge is 0.161 e. The van der Waals surface area contributed by atoms with Crippen LogP contribution in [-0.4, -0.2) is 43.9 Å². The van der Waals surface area contributed by atoms with Crippen molar-refractivity contribution in [3.63, 3.8) is 0 Å². The van der Waals surface area contributed by atoms with Crippen molar-refractivity contribution < 1.29 is 14.6 Å². The molecule has 120 valence electrons. The molecule has 0 amide bonds. The Labute approximate surface area is 128 Å². The number of nitrogens with zero attached hydrogens (tertiary/aromatic N) is 1. The predicted molar refractivity (Wildman–Crippen MR) is 86.1 cm³/mol. The van der Waals surface area contributed by atoms with E-state index < -0.39 is 0 Å². The summed E-state index contributed by atoms with van der Waals surface area (Å²) >= 11 is 0. The Bertz CT molecular complexity index is 407. The van der Waals surface area contributed by atoms with Gasteiger partial charge in [0.15, 0.2) is 11.5 Å². The van der Waals surface area contributed by atoms with E-state index in [9.17, 15) is 5.11 Å². The van der Waals surface area contributed by atoms with Gasteiger partial charge in [0.2, 0.25) is 0 Å². The largest absolute Gasteiger partial charge is 0.490 e. The van der Waals surface area contributed by atoms with Gasteiger partial charge in [-0.15, -0.1) is 0 Å². The molecule has 0 bridgehead atoms. The summed E-state index contributed by atoms with van der Waals surface area (Å²) < 4.78 is 11.6. The Morgan fingerprint density at radius 1 is 1.05 bits per heavy atom. The van der Waals surface area contributed by atoms with Crippen LogP contribution in [0, 0.1) is 0 Å². The van der Waals surface area contributed by atoms with Crippen LogP contribution in [0.15, 0.2) is 18.2 Å². The highest BCUT2D eigenvalue weighted by Gasteiger charge is 2.16. The van der Waals surface area contributed by atoms with E-state index >= 15 is 0 Å². The fourth-order valence-electron chi connectivity index (χ4n) is 2.23. The summed E-state index contributed by atoms with van der Waals surface area (Å²) in [5, 5.41) is 9.25. The molecule has 1 unspecified atom stereocenters. The number of aliphatic hydroxyl groups is 1. The third kappa shape index (κ3) is 5.56. The Morgan fingerprint density at radius 3 is 2.19 bits per heavy atom. The van der Waals surface area contributed by atoms with Crippen molar-refractivity contribution in [3.05, 3.63) is 23.8 Å². The van der Waals surface area contributed by atoms with Crippen molar-refractivity contribution in [2.45, 2.75) is 39.2 Å². The van der Waals surface area contributed by atoms with Crippen molar-refractivity contribution in [3.8, 4) is 11.5 Å². The highest BCUT2D eigenvalue weighted by molar-refractivity contribution is 5.44. The summed E-state index contributed by atoms with van der Waals surface area (Å²) in [6.45, 7) is 5.71. The van der Waals surface area contributed by atoms with Crippen molar-refractivity contribution >= 4 is 0 Å². The maximum Gasteiger partial charge on any atom is 0.161 e. The lowest BCUT2D eigenvalue weighted by molar-refractivity contribution is 0.209. The maximum absolute atomic E-state index is 9.25. The van der Waals surface area contributed by atoms with Crippen LogP contribution in [0.5, 0.6) is 11.5 Å². The van der Waals surface area contributed by atoms with Crippen LogP contribution in [0.3, 0.4) is 0 Å². The second-order valence-electron chi connectivity index (χ2n) is 5.39. The third-order valence-corrected chi connectivity index (χ3v) is 3.30. The standard InChI is InChI=1S/C17H29NO3/c1-5-11-20-16-8-7-14(13-17(16)21-12-6-2)15(9-10-19)18(3)4/h7-8,13,15,19H,5-6,9-12H2,1-4H3. The van der Waals surface area contributed by atoms with Gasteiger partial charge in [0.1, 0.15) is 0 Å². The lowest BCUT2D eigenvalue weighted by atomic mass is 10.0. The zero-order chi connectivity index (χ0) is 15.7. The first-order chi connectivity index (χ1) is 10.1. The quantitative estimate of drug-likeness (QED) is 0.719. The van der Waals surface area contributed by atoms with Crippen LogP contribution >= 0.6 is 0 Å². The summed E-state index contributed by atoms with van der Waals surface area (Å²) in [7, 11) is 4.04. The molecule has 1 aromatic rings. The molecular weight excluding hydrogens is 266 g/mol. The summed E-state index contributed by atoms with van der Waals surface area (Å²) in [6, 6.07) is 6.26. The molecule has 0 aromatic heterocycles. The number of benzene rings is 1. The minimum Gasteiger partial charge on any atom is -0.490 e. The fourth-order valence-corrected chi connectivity index (χ4v) is 2.23.